The molecule has 3 rings (SSSR count). The van der Waals surface area contributed by atoms with E-state index in [1.165, 1.54) is 11.6 Å². The Labute approximate surface area is 110 Å². The van der Waals surface area contributed by atoms with Gasteiger partial charge in [0.25, 0.3) is 0 Å². The van der Waals surface area contributed by atoms with Crippen LogP contribution in [-0.2, 0) is 6.42 Å². The van der Waals surface area contributed by atoms with E-state index in [-0.39, 0.29) is 5.76 Å². The van der Waals surface area contributed by atoms with Gasteiger partial charge in [-0.15, -0.1) is 0 Å². The Kier molecular flexibility index (Phi) is 2.74. The molecule has 2 heterocycles. The second-order valence-corrected chi connectivity index (χ2v) is 4.72. The summed E-state index contributed by atoms with van der Waals surface area (Å²) in [6.45, 7) is 0.994. The normalized spacial score (nSPS) is 14.3. The third kappa shape index (κ3) is 1.97. The molecule has 0 saturated heterocycles. The van der Waals surface area contributed by atoms with E-state index in [1.807, 2.05) is 19.2 Å². The van der Waals surface area contributed by atoms with E-state index >= 15 is 0 Å². The maximum Gasteiger partial charge on any atom is 0.374 e. The summed E-state index contributed by atoms with van der Waals surface area (Å²) in [6.07, 6.45) is 2.17. The van der Waals surface area contributed by atoms with Gasteiger partial charge < -0.3 is 14.5 Å². The first-order chi connectivity index (χ1) is 9.16. The molecule has 1 aliphatic rings. The molecule has 1 aromatic carbocycles. The number of hydrogen-bond donors (Lipinski definition) is 1. The fraction of sp³-hybridized carbons (Fsp3) is 0.286. The summed E-state index contributed by atoms with van der Waals surface area (Å²) in [5.74, 6) is -1.23. The van der Waals surface area contributed by atoms with E-state index in [0.717, 1.165) is 30.6 Å². The number of anilines is 1. The topological polar surface area (TPSA) is 66.6 Å². The maximum absolute atomic E-state index is 10.9. The molecule has 19 heavy (non-hydrogen) atoms. The van der Waals surface area contributed by atoms with Gasteiger partial charge in [0.05, 0.1) is 0 Å². The highest BCUT2D eigenvalue weighted by molar-refractivity contribution is 5.87. The van der Waals surface area contributed by atoms with Crippen molar-refractivity contribution < 1.29 is 14.4 Å². The molecule has 1 aliphatic heterocycles. The van der Waals surface area contributed by atoms with Gasteiger partial charge in [-0.05, 0) is 18.4 Å². The van der Waals surface area contributed by atoms with Crippen molar-refractivity contribution in [2.24, 2.45) is 0 Å². The summed E-state index contributed by atoms with van der Waals surface area (Å²) in [7, 11) is 2.04. The number of rotatable bonds is 2. The zero-order chi connectivity index (χ0) is 13.4. The summed E-state index contributed by atoms with van der Waals surface area (Å²) in [5, 5.41) is 12.8. The van der Waals surface area contributed by atoms with Crippen LogP contribution in [0.25, 0.3) is 11.3 Å². The number of carboxylic acid groups (broad SMARTS) is 1. The minimum Gasteiger partial charge on any atom is -0.475 e. The number of para-hydroxylation sites is 1. The maximum atomic E-state index is 10.9. The molecule has 5 nitrogen and oxygen atoms in total. The summed E-state index contributed by atoms with van der Waals surface area (Å²) in [5.41, 5.74) is 3.89. The number of aromatic nitrogens is 1. The first-order valence-corrected chi connectivity index (χ1v) is 6.20. The zero-order valence-electron chi connectivity index (χ0n) is 10.6. The number of hydrogen-bond acceptors (Lipinski definition) is 4. The van der Waals surface area contributed by atoms with Crippen LogP contribution >= 0.6 is 0 Å². The minimum atomic E-state index is -1.10. The molecule has 0 fully saturated rings. The third-order valence-electron chi connectivity index (χ3n) is 3.44. The highest BCUT2D eigenvalue weighted by atomic mass is 16.5. The number of fused-ring (bicyclic) bond motifs is 1. The molecule has 1 N–H and O–H groups in total. The van der Waals surface area contributed by atoms with E-state index in [4.69, 9.17) is 9.63 Å². The van der Waals surface area contributed by atoms with Crippen LogP contribution in [0.1, 0.15) is 22.5 Å². The fourth-order valence-corrected chi connectivity index (χ4v) is 2.57. The van der Waals surface area contributed by atoms with Crippen LogP contribution in [0.15, 0.2) is 28.8 Å². The molecule has 5 heteroatoms. The number of aromatic carboxylic acids is 1. The second kappa shape index (κ2) is 4.42. The van der Waals surface area contributed by atoms with Gasteiger partial charge in [-0.1, -0.05) is 23.4 Å². The Bertz CT molecular complexity index is 633. The third-order valence-corrected chi connectivity index (χ3v) is 3.44. The number of carboxylic acids is 1. The molecule has 0 amide bonds. The lowest BCUT2D eigenvalue weighted by molar-refractivity contribution is 0.0652. The number of benzene rings is 1. The smallest absolute Gasteiger partial charge is 0.374 e. The van der Waals surface area contributed by atoms with Crippen molar-refractivity contribution in [1.29, 1.82) is 0 Å². The standard InChI is InChI=1S/C14H14N2O3/c1-16-7-3-5-9-4-2-6-10(13(9)16)11-8-12(14(17)18)19-15-11/h2,4,6,8H,3,5,7H2,1H3,(H,17,18). The van der Waals surface area contributed by atoms with Gasteiger partial charge in [0, 0.05) is 30.9 Å². The van der Waals surface area contributed by atoms with Crippen LogP contribution in [-0.4, -0.2) is 29.8 Å². The van der Waals surface area contributed by atoms with Crippen molar-refractivity contribution in [2.45, 2.75) is 12.8 Å². The van der Waals surface area contributed by atoms with Crippen LogP contribution in [0.4, 0.5) is 5.69 Å². The minimum absolute atomic E-state index is 0.133. The summed E-state index contributed by atoms with van der Waals surface area (Å²) in [4.78, 5) is 13.0. The lowest BCUT2D eigenvalue weighted by Crippen LogP contribution is -2.25. The average Bonchev–Trinajstić information content (AvgIpc) is 2.88. The predicted molar refractivity (Wildman–Crippen MR) is 70.5 cm³/mol. The average molecular weight is 258 g/mol. The highest BCUT2D eigenvalue weighted by Crippen LogP contribution is 2.36. The van der Waals surface area contributed by atoms with E-state index in [9.17, 15) is 4.79 Å². The van der Waals surface area contributed by atoms with Gasteiger partial charge in [-0.2, -0.15) is 0 Å². The van der Waals surface area contributed by atoms with Crippen molar-refractivity contribution in [3.05, 3.63) is 35.6 Å². The molecular weight excluding hydrogens is 244 g/mol. The van der Waals surface area contributed by atoms with Crippen LogP contribution < -0.4 is 4.90 Å². The summed E-state index contributed by atoms with van der Waals surface area (Å²) >= 11 is 0. The van der Waals surface area contributed by atoms with Crippen LogP contribution in [0.3, 0.4) is 0 Å². The van der Waals surface area contributed by atoms with Gasteiger partial charge in [0.2, 0.25) is 5.76 Å². The molecule has 0 aliphatic carbocycles. The number of nitrogens with zero attached hydrogens (tertiary/aromatic N) is 2. The number of aryl methyl sites for hydroxylation is 1. The summed E-state index contributed by atoms with van der Waals surface area (Å²) in [6, 6.07) is 7.50. The van der Waals surface area contributed by atoms with Crippen LogP contribution in [0, 0.1) is 0 Å². The van der Waals surface area contributed by atoms with Gasteiger partial charge in [0.1, 0.15) is 5.69 Å². The Morgan fingerprint density at radius 2 is 2.32 bits per heavy atom. The second-order valence-electron chi connectivity index (χ2n) is 4.72. The molecule has 98 valence electrons. The van der Waals surface area contributed by atoms with E-state index in [1.54, 1.807) is 0 Å². The lowest BCUT2D eigenvalue weighted by atomic mass is 9.96. The largest absolute Gasteiger partial charge is 0.475 e. The van der Waals surface area contributed by atoms with E-state index in [0.29, 0.717) is 5.69 Å². The van der Waals surface area contributed by atoms with Gasteiger partial charge >= 0.3 is 5.97 Å². The van der Waals surface area contributed by atoms with Crippen LogP contribution in [0.2, 0.25) is 0 Å². The molecule has 0 radical (unpaired) electrons. The Morgan fingerprint density at radius 1 is 1.47 bits per heavy atom. The first kappa shape index (κ1) is 11.8. The molecule has 1 aromatic heterocycles. The molecule has 2 aromatic rings. The van der Waals surface area contributed by atoms with Crippen molar-refractivity contribution in [3.63, 3.8) is 0 Å². The Hall–Kier alpha value is -2.30. The molecule has 0 unspecified atom stereocenters. The summed E-state index contributed by atoms with van der Waals surface area (Å²) < 4.78 is 4.84. The van der Waals surface area contributed by atoms with Crippen molar-refractivity contribution in [2.75, 3.05) is 18.5 Å². The van der Waals surface area contributed by atoms with E-state index < -0.39 is 5.97 Å². The van der Waals surface area contributed by atoms with Crippen molar-refractivity contribution in [3.8, 4) is 11.3 Å². The SMILES string of the molecule is CN1CCCc2cccc(-c3cc(C(=O)O)on3)c21. The lowest BCUT2D eigenvalue weighted by Gasteiger charge is -2.29. The molecule has 0 saturated carbocycles. The van der Waals surface area contributed by atoms with Gasteiger partial charge in [-0.3, -0.25) is 0 Å². The molecule has 0 spiro atoms. The van der Waals surface area contributed by atoms with Gasteiger partial charge in [0.15, 0.2) is 0 Å². The Balaban J connectivity index is 2.12. The quantitative estimate of drug-likeness (QED) is 0.896. The Morgan fingerprint density at radius 3 is 3.05 bits per heavy atom. The van der Waals surface area contributed by atoms with Crippen LogP contribution in [0.5, 0.6) is 0 Å². The monoisotopic (exact) mass is 258 g/mol. The fourth-order valence-electron chi connectivity index (χ4n) is 2.57. The van der Waals surface area contributed by atoms with Gasteiger partial charge in [-0.25, -0.2) is 4.79 Å². The molecule has 0 bridgehead atoms. The number of carbonyl (C=O) groups is 1. The highest BCUT2D eigenvalue weighted by Gasteiger charge is 2.21. The molecular formula is C14H14N2O3. The van der Waals surface area contributed by atoms with Crippen molar-refractivity contribution in [1.82, 2.24) is 5.16 Å². The van der Waals surface area contributed by atoms with E-state index in [2.05, 4.69) is 16.1 Å². The van der Waals surface area contributed by atoms with Crippen molar-refractivity contribution >= 4 is 11.7 Å². The first-order valence-electron chi connectivity index (χ1n) is 6.20. The predicted octanol–water partition coefficient (Wildman–Crippen LogP) is 2.42. The molecule has 0 atom stereocenters. The zero-order valence-corrected chi connectivity index (χ0v) is 10.6.